The summed E-state index contributed by atoms with van der Waals surface area (Å²) in [6.45, 7) is 0.0269. The van der Waals surface area contributed by atoms with Crippen LogP contribution in [0.5, 0.6) is 0 Å². The van der Waals surface area contributed by atoms with Gasteiger partial charge in [0.05, 0.1) is 6.61 Å². The third-order valence-electron chi connectivity index (χ3n) is 3.19. The van der Waals surface area contributed by atoms with Crippen molar-refractivity contribution in [2.24, 2.45) is 0 Å². The van der Waals surface area contributed by atoms with E-state index in [2.05, 4.69) is 0 Å². The first kappa shape index (κ1) is 12.5. The lowest BCUT2D eigenvalue weighted by atomic mass is 9.94. The van der Waals surface area contributed by atoms with Gasteiger partial charge in [-0.2, -0.15) is 0 Å². The largest absolute Gasteiger partial charge is 0.480 e. The van der Waals surface area contributed by atoms with Crippen molar-refractivity contribution < 1.29 is 15.0 Å². The molecule has 1 aliphatic rings. The van der Waals surface area contributed by atoms with E-state index in [9.17, 15) is 9.90 Å². The van der Waals surface area contributed by atoms with E-state index in [0.717, 1.165) is 29.7 Å². The molecule has 0 aliphatic carbocycles. The van der Waals surface area contributed by atoms with Gasteiger partial charge >= 0.3 is 5.97 Å². The summed E-state index contributed by atoms with van der Waals surface area (Å²) in [5.41, 5.74) is 1.89. The molecule has 0 radical (unpaired) electrons. The topological polar surface area (TPSA) is 57.5 Å². The predicted octanol–water partition coefficient (Wildman–Crippen LogP) is 2.07. The molecule has 3 nitrogen and oxygen atoms in total. The molecule has 17 heavy (non-hydrogen) atoms. The fourth-order valence-corrected chi connectivity index (χ4v) is 3.53. The normalized spacial score (nSPS) is 23.8. The van der Waals surface area contributed by atoms with Crippen LogP contribution in [0.25, 0.3) is 0 Å². The van der Waals surface area contributed by atoms with E-state index >= 15 is 0 Å². The SMILES string of the molecule is O=C(O)C1(Cc2ccc(CO)cc2)CCCS1. The minimum atomic E-state index is -0.703. The van der Waals surface area contributed by atoms with Crippen LogP contribution in [0.4, 0.5) is 0 Å². The molecule has 1 saturated heterocycles. The maximum absolute atomic E-state index is 11.4. The van der Waals surface area contributed by atoms with Crippen molar-refractivity contribution in [3.63, 3.8) is 0 Å². The number of hydrogen-bond donors (Lipinski definition) is 2. The number of thioether (sulfide) groups is 1. The Morgan fingerprint density at radius 3 is 2.41 bits per heavy atom. The van der Waals surface area contributed by atoms with Gasteiger partial charge in [0.15, 0.2) is 0 Å². The number of aliphatic hydroxyl groups is 1. The summed E-state index contributed by atoms with van der Waals surface area (Å²) in [6, 6.07) is 7.53. The van der Waals surface area contributed by atoms with E-state index in [1.807, 2.05) is 24.3 Å². The van der Waals surface area contributed by atoms with Gasteiger partial charge in [0.25, 0.3) is 0 Å². The van der Waals surface area contributed by atoms with Gasteiger partial charge in [-0.05, 0) is 36.1 Å². The lowest BCUT2D eigenvalue weighted by Gasteiger charge is -2.22. The highest BCUT2D eigenvalue weighted by Crippen LogP contribution is 2.41. The van der Waals surface area contributed by atoms with Crippen LogP contribution in [0.1, 0.15) is 24.0 Å². The van der Waals surface area contributed by atoms with Gasteiger partial charge in [0.2, 0.25) is 0 Å². The number of hydrogen-bond acceptors (Lipinski definition) is 3. The Morgan fingerprint density at radius 1 is 1.29 bits per heavy atom. The number of carbonyl (C=O) groups is 1. The van der Waals surface area contributed by atoms with Gasteiger partial charge in [0, 0.05) is 0 Å². The van der Waals surface area contributed by atoms with Crippen LogP contribution in [0.2, 0.25) is 0 Å². The highest BCUT2D eigenvalue weighted by Gasteiger charge is 2.42. The van der Waals surface area contributed by atoms with Gasteiger partial charge in [-0.1, -0.05) is 24.3 Å². The summed E-state index contributed by atoms with van der Waals surface area (Å²) < 4.78 is -0.638. The van der Waals surface area contributed by atoms with Gasteiger partial charge in [-0.25, -0.2) is 0 Å². The van der Waals surface area contributed by atoms with Gasteiger partial charge in [0.1, 0.15) is 4.75 Å². The highest BCUT2D eigenvalue weighted by atomic mass is 32.2. The number of aliphatic carboxylic acids is 1. The molecule has 0 aromatic heterocycles. The summed E-state index contributed by atoms with van der Waals surface area (Å²) >= 11 is 1.55. The van der Waals surface area contributed by atoms with Crippen molar-refractivity contribution in [3.8, 4) is 0 Å². The second kappa shape index (κ2) is 5.10. The van der Waals surface area contributed by atoms with Crippen LogP contribution >= 0.6 is 11.8 Å². The summed E-state index contributed by atoms with van der Waals surface area (Å²) in [5, 5.41) is 18.3. The van der Waals surface area contributed by atoms with E-state index in [0.29, 0.717) is 6.42 Å². The van der Waals surface area contributed by atoms with E-state index in [4.69, 9.17) is 5.11 Å². The summed E-state index contributed by atoms with van der Waals surface area (Å²) in [4.78, 5) is 11.4. The molecule has 1 unspecified atom stereocenters. The quantitative estimate of drug-likeness (QED) is 0.861. The Labute approximate surface area is 105 Å². The second-order valence-electron chi connectivity index (χ2n) is 4.40. The van der Waals surface area contributed by atoms with Crippen LogP contribution in [0, 0.1) is 0 Å². The minimum Gasteiger partial charge on any atom is -0.480 e. The molecule has 0 bridgehead atoms. The molecule has 1 aromatic rings. The smallest absolute Gasteiger partial charge is 0.320 e. The van der Waals surface area contributed by atoms with E-state index in [1.54, 1.807) is 11.8 Å². The van der Waals surface area contributed by atoms with Crippen molar-refractivity contribution >= 4 is 17.7 Å². The molecule has 92 valence electrons. The number of benzene rings is 1. The standard InChI is InChI=1S/C13H16O3S/c14-9-11-4-2-10(3-5-11)8-13(12(15)16)6-1-7-17-13/h2-5,14H,1,6-9H2,(H,15,16). The van der Waals surface area contributed by atoms with Gasteiger partial charge < -0.3 is 10.2 Å². The Hall–Kier alpha value is -1.00. The Kier molecular flexibility index (Phi) is 3.74. The van der Waals surface area contributed by atoms with Crippen molar-refractivity contribution in [2.45, 2.75) is 30.6 Å². The molecule has 1 heterocycles. The van der Waals surface area contributed by atoms with Crippen molar-refractivity contribution in [1.82, 2.24) is 0 Å². The molecular formula is C13H16O3S. The Balaban J connectivity index is 2.15. The summed E-state index contributed by atoms with van der Waals surface area (Å²) in [7, 11) is 0. The first-order valence-corrected chi connectivity index (χ1v) is 6.71. The molecule has 1 aliphatic heterocycles. The third-order valence-corrected chi connectivity index (χ3v) is 4.76. The fraction of sp³-hybridized carbons (Fsp3) is 0.462. The zero-order chi connectivity index (χ0) is 12.3. The van der Waals surface area contributed by atoms with Crippen LogP contribution in [0.3, 0.4) is 0 Å². The lowest BCUT2D eigenvalue weighted by Crippen LogP contribution is -2.34. The lowest BCUT2D eigenvalue weighted by molar-refractivity contribution is -0.139. The minimum absolute atomic E-state index is 0.0269. The van der Waals surface area contributed by atoms with Crippen molar-refractivity contribution in [3.05, 3.63) is 35.4 Å². The van der Waals surface area contributed by atoms with E-state index < -0.39 is 10.7 Å². The van der Waals surface area contributed by atoms with E-state index in [-0.39, 0.29) is 6.61 Å². The molecule has 0 saturated carbocycles. The molecule has 2 N–H and O–H groups in total. The summed E-state index contributed by atoms with van der Waals surface area (Å²) in [6.07, 6.45) is 2.29. The first-order valence-electron chi connectivity index (χ1n) is 5.72. The molecule has 1 fully saturated rings. The molecule has 0 amide bonds. The third kappa shape index (κ3) is 2.64. The molecule has 1 aromatic carbocycles. The first-order chi connectivity index (χ1) is 8.16. The average Bonchev–Trinajstić information content (AvgIpc) is 2.80. The molecule has 0 spiro atoms. The molecule has 1 atom stereocenters. The maximum Gasteiger partial charge on any atom is 0.320 e. The van der Waals surface area contributed by atoms with Crippen molar-refractivity contribution in [2.75, 3.05) is 5.75 Å². The van der Waals surface area contributed by atoms with Crippen molar-refractivity contribution in [1.29, 1.82) is 0 Å². The second-order valence-corrected chi connectivity index (χ2v) is 5.88. The molecular weight excluding hydrogens is 236 g/mol. The molecule has 4 heteroatoms. The number of aliphatic hydroxyl groups excluding tert-OH is 1. The fourth-order valence-electron chi connectivity index (χ4n) is 2.17. The number of carboxylic acid groups (broad SMARTS) is 1. The zero-order valence-corrected chi connectivity index (χ0v) is 10.4. The monoisotopic (exact) mass is 252 g/mol. The van der Waals surface area contributed by atoms with Crippen LogP contribution in [-0.4, -0.2) is 26.7 Å². The van der Waals surface area contributed by atoms with E-state index in [1.165, 1.54) is 0 Å². The maximum atomic E-state index is 11.4. The predicted molar refractivity (Wildman–Crippen MR) is 68.1 cm³/mol. The van der Waals surface area contributed by atoms with Gasteiger partial charge in [-0.3, -0.25) is 4.79 Å². The summed E-state index contributed by atoms with van der Waals surface area (Å²) in [5.74, 6) is 0.229. The number of carboxylic acids is 1. The Morgan fingerprint density at radius 2 is 1.94 bits per heavy atom. The highest BCUT2D eigenvalue weighted by molar-refractivity contribution is 8.01. The molecule has 2 rings (SSSR count). The number of rotatable bonds is 4. The Bertz CT molecular complexity index is 394. The van der Waals surface area contributed by atoms with Crippen LogP contribution in [0.15, 0.2) is 24.3 Å². The van der Waals surface area contributed by atoms with Gasteiger partial charge in [-0.15, -0.1) is 11.8 Å². The average molecular weight is 252 g/mol. The zero-order valence-electron chi connectivity index (χ0n) is 9.56. The van der Waals surface area contributed by atoms with Crippen LogP contribution < -0.4 is 0 Å². The van der Waals surface area contributed by atoms with Crippen LogP contribution in [-0.2, 0) is 17.8 Å².